The molecule has 0 heterocycles. The van der Waals surface area contributed by atoms with E-state index in [4.69, 9.17) is 9.84 Å². The molecule has 1 aliphatic carbocycles. The number of carbonyl (C=O) groups is 2. The normalized spacial score (nSPS) is 17.1. The number of carboxylic acid groups (broad SMARTS) is 1. The van der Waals surface area contributed by atoms with Gasteiger partial charge >= 0.3 is 5.97 Å². The van der Waals surface area contributed by atoms with Gasteiger partial charge < -0.3 is 14.7 Å². The summed E-state index contributed by atoms with van der Waals surface area (Å²) in [6, 6.07) is 0.0928. The quantitative estimate of drug-likeness (QED) is 0.733. The lowest BCUT2D eigenvalue weighted by Gasteiger charge is -2.41. The van der Waals surface area contributed by atoms with Gasteiger partial charge in [0, 0.05) is 26.1 Å². The van der Waals surface area contributed by atoms with Crippen LogP contribution >= 0.6 is 0 Å². The van der Waals surface area contributed by atoms with Crippen molar-refractivity contribution in [3.63, 3.8) is 0 Å². The molecular formula is C14H25NO4. The summed E-state index contributed by atoms with van der Waals surface area (Å²) in [5.41, 5.74) is -0.267. The van der Waals surface area contributed by atoms with Gasteiger partial charge in [-0.3, -0.25) is 9.59 Å². The van der Waals surface area contributed by atoms with Crippen molar-refractivity contribution in [1.82, 2.24) is 4.90 Å². The molecule has 1 saturated carbocycles. The van der Waals surface area contributed by atoms with Crippen LogP contribution in [-0.4, -0.2) is 47.2 Å². The van der Waals surface area contributed by atoms with E-state index in [1.54, 1.807) is 12.0 Å². The van der Waals surface area contributed by atoms with Gasteiger partial charge in [0.15, 0.2) is 0 Å². The van der Waals surface area contributed by atoms with Crippen molar-refractivity contribution in [2.75, 3.05) is 13.7 Å². The van der Waals surface area contributed by atoms with Crippen LogP contribution in [0.15, 0.2) is 0 Å². The molecule has 0 aromatic heterocycles. The van der Waals surface area contributed by atoms with Gasteiger partial charge in [0.2, 0.25) is 5.91 Å². The SMILES string of the molecule is COC1(CC(=O)N(CCCC(=O)O)C(C)C)CCC1. The summed E-state index contributed by atoms with van der Waals surface area (Å²) in [7, 11) is 1.66. The summed E-state index contributed by atoms with van der Waals surface area (Å²) in [6.07, 6.45) is 4.01. The Labute approximate surface area is 114 Å². The zero-order chi connectivity index (χ0) is 14.5. The fourth-order valence-corrected chi connectivity index (χ4v) is 2.47. The van der Waals surface area contributed by atoms with Gasteiger partial charge in [-0.25, -0.2) is 0 Å². The molecule has 0 aliphatic heterocycles. The number of rotatable bonds is 8. The average molecular weight is 271 g/mol. The number of methoxy groups -OCH3 is 1. The van der Waals surface area contributed by atoms with Gasteiger partial charge in [0.25, 0.3) is 0 Å². The number of carbonyl (C=O) groups excluding carboxylic acids is 1. The Morgan fingerprint density at radius 3 is 2.37 bits per heavy atom. The highest BCUT2D eigenvalue weighted by Gasteiger charge is 2.40. The highest BCUT2D eigenvalue weighted by molar-refractivity contribution is 5.78. The zero-order valence-electron chi connectivity index (χ0n) is 12.1. The van der Waals surface area contributed by atoms with Gasteiger partial charge in [0.1, 0.15) is 0 Å². The highest BCUT2D eigenvalue weighted by atomic mass is 16.5. The van der Waals surface area contributed by atoms with Crippen LogP contribution in [0.4, 0.5) is 0 Å². The number of carboxylic acids is 1. The molecule has 1 fully saturated rings. The first-order chi connectivity index (χ1) is 8.90. The van der Waals surface area contributed by atoms with Crippen LogP contribution in [0.3, 0.4) is 0 Å². The number of hydrogen-bond acceptors (Lipinski definition) is 3. The van der Waals surface area contributed by atoms with Gasteiger partial charge in [-0.2, -0.15) is 0 Å². The summed E-state index contributed by atoms with van der Waals surface area (Å²) in [5.74, 6) is -0.745. The predicted molar refractivity (Wildman–Crippen MR) is 71.9 cm³/mol. The summed E-state index contributed by atoms with van der Waals surface area (Å²) in [6.45, 7) is 4.42. The highest BCUT2D eigenvalue weighted by Crippen LogP contribution is 2.38. The number of nitrogens with zero attached hydrogens (tertiary/aromatic N) is 1. The van der Waals surface area contributed by atoms with E-state index in [1.807, 2.05) is 13.8 Å². The Hall–Kier alpha value is -1.10. The monoisotopic (exact) mass is 271 g/mol. The molecule has 5 heteroatoms. The molecule has 0 unspecified atom stereocenters. The smallest absolute Gasteiger partial charge is 0.303 e. The minimum absolute atomic E-state index is 0.0712. The molecule has 0 aromatic carbocycles. The molecule has 0 aromatic rings. The predicted octanol–water partition coefficient (Wildman–Crippen LogP) is 2.05. The third-order valence-corrected chi connectivity index (χ3v) is 3.90. The van der Waals surface area contributed by atoms with Crippen LogP contribution in [0.5, 0.6) is 0 Å². The van der Waals surface area contributed by atoms with E-state index >= 15 is 0 Å². The Balaban J connectivity index is 2.50. The number of hydrogen-bond donors (Lipinski definition) is 1. The Morgan fingerprint density at radius 1 is 1.37 bits per heavy atom. The molecule has 1 amide bonds. The third kappa shape index (κ3) is 4.49. The van der Waals surface area contributed by atoms with Crippen LogP contribution in [0, 0.1) is 0 Å². The largest absolute Gasteiger partial charge is 0.481 e. The summed E-state index contributed by atoms with van der Waals surface area (Å²) in [4.78, 5) is 24.6. The maximum atomic E-state index is 12.3. The van der Waals surface area contributed by atoms with E-state index in [2.05, 4.69) is 0 Å². The topological polar surface area (TPSA) is 66.8 Å². The van der Waals surface area contributed by atoms with Crippen molar-refractivity contribution >= 4 is 11.9 Å². The Bertz CT molecular complexity index is 318. The molecule has 110 valence electrons. The molecule has 0 saturated heterocycles. The summed E-state index contributed by atoms with van der Waals surface area (Å²) >= 11 is 0. The molecule has 0 spiro atoms. The van der Waals surface area contributed by atoms with Crippen molar-refractivity contribution in [3.05, 3.63) is 0 Å². The minimum atomic E-state index is -0.816. The fraction of sp³-hybridized carbons (Fsp3) is 0.857. The third-order valence-electron chi connectivity index (χ3n) is 3.90. The second-order valence-corrected chi connectivity index (χ2v) is 5.60. The Kier molecular flexibility index (Phi) is 5.79. The van der Waals surface area contributed by atoms with E-state index in [9.17, 15) is 9.59 Å². The maximum Gasteiger partial charge on any atom is 0.303 e. The van der Waals surface area contributed by atoms with Crippen molar-refractivity contribution in [2.24, 2.45) is 0 Å². The van der Waals surface area contributed by atoms with Crippen LogP contribution in [0.25, 0.3) is 0 Å². The van der Waals surface area contributed by atoms with E-state index in [0.717, 1.165) is 19.3 Å². The number of ether oxygens (including phenoxy) is 1. The molecule has 1 rings (SSSR count). The molecule has 1 aliphatic rings. The van der Waals surface area contributed by atoms with Crippen LogP contribution in [0.2, 0.25) is 0 Å². The van der Waals surface area contributed by atoms with Gasteiger partial charge in [-0.15, -0.1) is 0 Å². The lowest BCUT2D eigenvalue weighted by molar-refractivity contribution is -0.146. The molecule has 1 N–H and O–H groups in total. The lowest BCUT2D eigenvalue weighted by Crippen LogP contribution is -2.47. The lowest BCUT2D eigenvalue weighted by atomic mass is 9.77. The molecule has 19 heavy (non-hydrogen) atoms. The fourth-order valence-electron chi connectivity index (χ4n) is 2.47. The zero-order valence-corrected chi connectivity index (χ0v) is 12.1. The van der Waals surface area contributed by atoms with Gasteiger partial charge in [0.05, 0.1) is 12.0 Å². The molecule has 0 radical (unpaired) electrons. The molecule has 5 nitrogen and oxygen atoms in total. The van der Waals surface area contributed by atoms with Crippen LogP contribution < -0.4 is 0 Å². The van der Waals surface area contributed by atoms with E-state index in [-0.39, 0.29) is 24.0 Å². The standard InChI is InChI=1S/C14H25NO4/c1-11(2)15(9-4-6-13(17)18)12(16)10-14(19-3)7-5-8-14/h11H,4-10H2,1-3H3,(H,17,18). The second kappa shape index (κ2) is 6.89. The summed E-state index contributed by atoms with van der Waals surface area (Å²) < 4.78 is 5.48. The van der Waals surface area contributed by atoms with E-state index in [1.165, 1.54) is 0 Å². The first-order valence-electron chi connectivity index (χ1n) is 6.96. The van der Waals surface area contributed by atoms with Crippen molar-refractivity contribution in [2.45, 2.75) is 64.0 Å². The summed E-state index contributed by atoms with van der Waals surface area (Å²) in [5, 5.41) is 8.65. The van der Waals surface area contributed by atoms with Crippen molar-refractivity contribution < 1.29 is 19.4 Å². The molecular weight excluding hydrogens is 246 g/mol. The number of aliphatic carboxylic acids is 1. The first-order valence-corrected chi connectivity index (χ1v) is 6.96. The second-order valence-electron chi connectivity index (χ2n) is 5.60. The Morgan fingerprint density at radius 2 is 2.00 bits per heavy atom. The maximum absolute atomic E-state index is 12.3. The molecule has 0 bridgehead atoms. The minimum Gasteiger partial charge on any atom is -0.481 e. The van der Waals surface area contributed by atoms with Crippen LogP contribution in [0.1, 0.15) is 52.4 Å². The van der Waals surface area contributed by atoms with E-state index < -0.39 is 5.97 Å². The number of amides is 1. The average Bonchev–Trinajstić information content (AvgIpc) is 2.28. The first kappa shape index (κ1) is 16.0. The van der Waals surface area contributed by atoms with Gasteiger partial charge in [-0.1, -0.05) is 0 Å². The van der Waals surface area contributed by atoms with E-state index in [0.29, 0.717) is 19.4 Å². The molecule has 0 atom stereocenters. The van der Waals surface area contributed by atoms with Crippen molar-refractivity contribution in [1.29, 1.82) is 0 Å². The van der Waals surface area contributed by atoms with Crippen molar-refractivity contribution in [3.8, 4) is 0 Å². The van der Waals surface area contributed by atoms with Crippen LogP contribution in [-0.2, 0) is 14.3 Å². The van der Waals surface area contributed by atoms with Gasteiger partial charge in [-0.05, 0) is 39.5 Å².